The Labute approximate surface area is 112 Å². The average molecular weight is 265 g/mol. The SMILES string of the molecule is COC(=O)c1ccc(CNCC(C)OC(C)=O)cc1. The van der Waals surface area contributed by atoms with Gasteiger partial charge in [0.15, 0.2) is 0 Å². The average Bonchev–Trinajstić information content (AvgIpc) is 2.37. The van der Waals surface area contributed by atoms with Gasteiger partial charge >= 0.3 is 11.9 Å². The number of benzene rings is 1. The molecule has 0 radical (unpaired) electrons. The summed E-state index contributed by atoms with van der Waals surface area (Å²) in [4.78, 5) is 22.0. The number of carbonyl (C=O) groups is 2. The van der Waals surface area contributed by atoms with Crippen LogP contribution in [-0.4, -0.2) is 31.7 Å². The normalized spacial score (nSPS) is 11.7. The van der Waals surface area contributed by atoms with E-state index in [2.05, 4.69) is 10.1 Å². The molecule has 5 nitrogen and oxygen atoms in total. The van der Waals surface area contributed by atoms with E-state index < -0.39 is 0 Å². The second kappa shape index (κ2) is 7.53. The molecule has 0 saturated carbocycles. The molecule has 0 aliphatic heterocycles. The monoisotopic (exact) mass is 265 g/mol. The second-order valence-electron chi connectivity index (χ2n) is 4.24. The zero-order valence-electron chi connectivity index (χ0n) is 11.4. The Balaban J connectivity index is 2.38. The van der Waals surface area contributed by atoms with E-state index >= 15 is 0 Å². The second-order valence-corrected chi connectivity index (χ2v) is 4.24. The van der Waals surface area contributed by atoms with Gasteiger partial charge in [-0.1, -0.05) is 12.1 Å². The van der Waals surface area contributed by atoms with Crippen LogP contribution in [-0.2, 0) is 20.8 Å². The summed E-state index contributed by atoms with van der Waals surface area (Å²) in [5.74, 6) is -0.625. The van der Waals surface area contributed by atoms with Crippen molar-refractivity contribution in [3.63, 3.8) is 0 Å². The highest BCUT2D eigenvalue weighted by molar-refractivity contribution is 5.89. The van der Waals surface area contributed by atoms with Crippen molar-refractivity contribution in [2.24, 2.45) is 0 Å². The molecular formula is C14H19NO4. The molecule has 0 bridgehead atoms. The van der Waals surface area contributed by atoms with Crippen LogP contribution < -0.4 is 5.32 Å². The maximum Gasteiger partial charge on any atom is 0.337 e. The van der Waals surface area contributed by atoms with Gasteiger partial charge in [0, 0.05) is 20.0 Å². The molecule has 1 N–H and O–H groups in total. The van der Waals surface area contributed by atoms with Crippen LogP contribution in [0.4, 0.5) is 0 Å². The summed E-state index contributed by atoms with van der Waals surface area (Å²) >= 11 is 0. The van der Waals surface area contributed by atoms with E-state index in [4.69, 9.17) is 4.74 Å². The fraction of sp³-hybridized carbons (Fsp3) is 0.429. The van der Waals surface area contributed by atoms with Gasteiger partial charge in [-0.05, 0) is 24.6 Å². The van der Waals surface area contributed by atoms with Crippen molar-refractivity contribution in [1.29, 1.82) is 0 Å². The van der Waals surface area contributed by atoms with Crippen LogP contribution in [0.1, 0.15) is 29.8 Å². The van der Waals surface area contributed by atoms with E-state index in [-0.39, 0.29) is 18.0 Å². The highest BCUT2D eigenvalue weighted by Crippen LogP contribution is 2.05. The third kappa shape index (κ3) is 5.52. The Kier molecular flexibility index (Phi) is 6.02. The van der Waals surface area contributed by atoms with E-state index in [1.165, 1.54) is 14.0 Å². The summed E-state index contributed by atoms with van der Waals surface area (Å²) < 4.78 is 9.61. The van der Waals surface area contributed by atoms with Crippen molar-refractivity contribution in [3.8, 4) is 0 Å². The van der Waals surface area contributed by atoms with Crippen LogP contribution in [0.15, 0.2) is 24.3 Å². The molecule has 1 atom stereocenters. The minimum atomic E-state index is -0.344. The molecule has 19 heavy (non-hydrogen) atoms. The molecule has 0 amide bonds. The molecule has 0 aromatic heterocycles. The van der Waals surface area contributed by atoms with E-state index in [0.29, 0.717) is 18.7 Å². The van der Waals surface area contributed by atoms with Crippen LogP contribution in [0.3, 0.4) is 0 Å². The number of rotatable bonds is 6. The molecule has 0 aliphatic carbocycles. The maximum absolute atomic E-state index is 11.2. The standard InChI is InChI=1S/C14H19NO4/c1-10(19-11(2)16)8-15-9-12-4-6-13(7-5-12)14(17)18-3/h4-7,10,15H,8-9H2,1-3H3. The van der Waals surface area contributed by atoms with Crippen LogP contribution in [0, 0.1) is 0 Å². The Hall–Kier alpha value is -1.88. The highest BCUT2D eigenvalue weighted by atomic mass is 16.5. The van der Waals surface area contributed by atoms with Gasteiger partial charge in [-0.15, -0.1) is 0 Å². The fourth-order valence-electron chi connectivity index (χ4n) is 1.62. The number of esters is 2. The summed E-state index contributed by atoms with van der Waals surface area (Å²) in [5, 5.41) is 3.18. The van der Waals surface area contributed by atoms with Gasteiger partial charge in [0.2, 0.25) is 0 Å². The molecule has 1 rings (SSSR count). The lowest BCUT2D eigenvalue weighted by Crippen LogP contribution is -2.27. The van der Waals surface area contributed by atoms with Crippen LogP contribution >= 0.6 is 0 Å². The molecule has 104 valence electrons. The Morgan fingerprint density at radius 2 is 1.89 bits per heavy atom. The smallest absolute Gasteiger partial charge is 0.337 e. The largest absolute Gasteiger partial charge is 0.465 e. The topological polar surface area (TPSA) is 64.6 Å². The summed E-state index contributed by atoms with van der Waals surface area (Å²) in [6.45, 7) is 4.45. The van der Waals surface area contributed by atoms with Gasteiger partial charge in [-0.25, -0.2) is 4.79 Å². The maximum atomic E-state index is 11.2. The van der Waals surface area contributed by atoms with Crippen LogP contribution in [0.2, 0.25) is 0 Å². The lowest BCUT2D eigenvalue weighted by molar-refractivity contribution is -0.145. The van der Waals surface area contributed by atoms with Crippen LogP contribution in [0.25, 0.3) is 0 Å². The van der Waals surface area contributed by atoms with Crippen LogP contribution in [0.5, 0.6) is 0 Å². The number of ether oxygens (including phenoxy) is 2. The van der Waals surface area contributed by atoms with E-state index in [0.717, 1.165) is 5.56 Å². The van der Waals surface area contributed by atoms with Crippen molar-refractivity contribution in [3.05, 3.63) is 35.4 Å². The first kappa shape index (κ1) is 15.2. The predicted octanol–water partition coefficient (Wildman–Crippen LogP) is 1.51. The first-order valence-electron chi connectivity index (χ1n) is 6.08. The zero-order valence-corrected chi connectivity index (χ0v) is 11.4. The molecule has 5 heteroatoms. The number of nitrogens with one attached hydrogen (secondary N) is 1. The lowest BCUT2D eigenvalue weighted by atomic mass is 10.1. The van der Waals surface area contributed by atoms with Gasteiger partial charge in [-0.2, -0.15) is 0 Å². The Bertz CT molecular complexity index is 428. The number of hydrogen-bond acceptors (Lipinski definition) is 5. The molecule has 1 aromatic carbocycles. The molecule has 0 aliphatic rings. The summed E-state index contributed by atoms with van der Waals surface area (Å²) in [7, 11) is 1.36. The van der Waals surface area contributed by atoms with E-state index in [1.54, 1.807) is 12.1 Å². The number of carbonyl (C=O) groups excluding carboxylic acids is 2. The third-order valence-corrected chi connectivity index (χ3v) is 2.50. The Morgan fingerprint density at radius 3 is 2.42 bits per heavy atom. The van der Waals surface area contributed by atoms with E-state index in [9.17, 15) is 9.59 Å². The Morgan fingerprint density at radius 1 is 1.26 bits per heavy atom. The lowest BCUT2D eigenvalue weighted by Gasteiger charge is -2.12. The quantitative estimate of drug-likeness (QED) is 0.790. The molecule has 0 spiro atoms. The van der Waals surface area contributed by atoms with Gasteiger partial charge in [0.05, 0.1) is 12.7 Å². The van der Waals surface area contributed by atoms with Gasteiger partial charge in [0.25, 0.3) is 0 Å². The van der Waals surface area contributed by atoms with Crippen molar-refractivity contribution in [2.75, 3.05) is 13.7 Å². The summed E-state index contributed by atoms with van der Waals surface area (Å²) in [5.41, 5.74) is 1.57. The highest BCUT2D eigenvalue weighted by Gasteiger charge is 2.06. The number of methoxy groups -OCH3 is 1. The van der Waals surface area contributed by atoms with E-state index in [1.807, 2.05) is 19.1 Å². The predicted molar refractivity (Wildman–Crippen MR) is 70.7 cm³/mol. The summed E-state index contributed by atoms with van der Waals surface area (Å²) in [6, 6.07) is 7.15. The first-order valence-corrected chi connectivity index (χ1v) is 6.08. The molecule has 1 aromatic rings. The molecule has 1 unspecified atom stereocenters. The van der Waals surface area contributed by atoms with Gasteiger partial charge in [-0.3, -0.25) is 4.79 Å². The van der Waals surface area contributed by atoms with Crippen molar-refractivity contribution in [1.82, 2.24) is 5.32 Å². The molecule has 0 heterocycles. The first-order chi connectivity index (χ1) is 9.02. The van der Waals surface area contributed by atoms with Crippen molar-refractivity contribution in [2.45, 2.75) is 26.5 Å². The van der Waals surface area contributed by atoms with Gasteiger partial charge < -0.3 is 14.8 Å². The minimum absolute atomic E-state index is 0.160. The minimum Gasteiger partial charge on any atom is -0.465 e. The third-order valence-electron chi connectivity index (χ3n) is 2.50. The fourth-order valence-corrected chi connectivity index (χ4v) is 1.62. The van der Waals surface area contributed by atoms with Crippen molar-refractivity contribution < 1.29 is 19.1 Å². The van der Waals surface area contributed by atoms with Crippen molar-refractivity contribution >= 4 is 11.9 Å². The molecular weight excluding hydrogens is 246 g/mol. The number of hydrogen-bond donors (Lipinski definition) is 1. The van der Waals surface area contributed by atoms with Gasteiger partial charge in [0.1, 0.15) is 6.10 Å². The molecule has 0 saturated heterocycles. The molecule has 0 fully saturated rings. The summed E-state index contributed by atoms with van der Waals surface area (Å²) in [6.07, 6.45) is -0.160. The zero-order chi connectivity index (χ0) is 14.3.